The van der Waals surface area contributed by atoms with Gasteiger partial charge in [-0.2, -0.15) is 0 Å². The molecule has 0 aliphatic carbocycles. The monoisotopic (exact) mass is 264 g/mol. The van der Waals surface area contributed by atoms with Crippen molar-refractivity contribution in [2.75, 3.05) is 6.54 Å². The predicted octanol–water partition coefficient (Wildman–Crippen LogP) is 0.857. The van der Waals surface area contributed by atoms with Gasteiger partial charge in [0.05, 0.1) is 6.04 Å². The van der Waals surface area contributed by atoms with E-state index < -0.39 is 18.1 Å². The molecule has 1 fully saturated rings. The Morgan fingerprint density at radius 1 is 1.53 bits per heavy atom. The maximum Gasteiger partial charge on any atom is 0.326 e. The van der Waals surface area contributed by atoms with Crippen LogP contribution in [0.2, 0.25) is 0 Å². The van der Waals surface area contributed by atoms with E-state index in [0.29, 0.717) is 13.0 Å². The number of nitrogens with two attached hydrogens (primary N) is 1. The summed E-state index contributed by atoms with van der Waals surface area (Å²) in [5, 5.41) is 8.98. The highest BCUT2D eigenvalue weighted by Gasteiger charge is 2.36. The predicted molar refractivity (Wildman–Crippen MR) is 67.0 cm³/mol. The largest absolute Gasteiger partial charge is 0.480 e. The van der Waals surface area contributed by atoms with Crippen LogP contribution in [0, 0.1) is 5.92 Å². The van der Waals surface area contributed by atoms with Gasteiger partial charge in [0.1, 0.15) is 6.04 Å². The molecular formula is C11H21ClN2O3. The van der Waals surface area contributed by atoms with Crippen LogP contribution in [0.3, 0.4) is 0 Å². The van der Waals surface area contributed by atoms with E-state index >= 15 is 0 Å². The quantitative estimate of drug-likeness (QED) is 0.789. The van der Waals surface area contributed by atoms with Crippen molar-refractivity contribution in [1.82, 2.24) is 4.90 Å². The van der Waals surface area contributed by atoms with Gasteiger partial charge in [-0.15, -0.1) is 12.4 Å². The summed E-state index contributed by atoms with van der Waals surface area (Å²) in [7, 11) is 0. The highest BCUT2D eigenvalue weighted by Crippen LogP contribution is 2.20. The van der Waals surface area contributed by atoms with Crippen molar-refractivity contribution in [1.29, 1.82) is 0 Å². The Morgan fingerprint density at radius 2 is 2.12 bits per heavy atom. The minimum atomic E-state index is -0.929. The number of likely N-dealkylation sites (tertiary alicyclic amines) is 1. The first-order chi connectivity index (χ1) is 7.49. The van der Waals surface area contributed by atoms with Gasteiger partial charge in [0.2, 0.25) is 5.91 Å². The summed E-state index contributed by atoms with van der Waals surface area (Å²) >= 11 is 0. The van der Waals surface area contributed by atoms with Crippen LogP contribution in [0.1, 0.15) is 33.1 Å². The number of carboxylic acid groups (broad SMARTS) is 1. The standard InChI is InChI=1S/C11H20N2O3.ClH/c1-3-7(2)9(12)10(14)13-6-4-5-8(13)11(15)16;/h7-9H,3-6,12H2,1-2H3,(H,15,16);1H/t7-,8-,9-;/m0./s1. The first-order valence-corrected chi connectivity index (χ1v) is 5.77. The van der Waals surface area contributed by atoms with E-state index in [1.54, 1.807) is 0 Å². The average Bonchev–Trinajstić information content (AvgIpc) is 2.74. The molecule has 5 nitrogen and oxygen atoms in total. The molecule has 1 amide bonds. The van der Waals surface area contributed by atoms with Gasteiger partial charge in [0.15, 0.2) is 0 Å². The molecule has 0 radical (unpaired) electrons. The Hall–Kier alpha value is -0.810. The van der Waals surface area contributed by atoms with Gasteiger partial charge in [0.25, 0.3) is 0 Å². The van der Waals surface area contributed by atoms with E-state index in [2.05, 4.69) is 0 Å². The SMILES string of the molecule is CC[C@H](C)[C@H](N)C(=O)N1CCC[C@H]1C(=O)O.Cl. The second kappa shape index (κ2) is 6.81. The van der Waals surface area contributed by atoms with Gasteiger partial charge in [-0.1, -0.05) is 20.3 Å². The molecule has 3 N–H and O–H groups in total. The number of nitrogens with zero attached hydrogens (tertiary/aromatic N) is 1. The summed E-state index contributed by atoms with van der Waals surface area (Å²) < 4.78 is 0. The van der Waals surface area contributed by atoms with Gasteiger partial charge >= 0.3 is 5.97 Å². The smallest absolute Gasteiger partial charge is 0.326 e. The molecule has 0 aromatic rings. The Balaban J connectivity index is 0.00000256. The lowest BCUT2D eigenvalue weighted by atomic mass is 9.98. The number of amides is 1. The zero-order valence-electron chi connectivity index (χ0n) is 10.3. The van der Waals surface area contributed by atoms with Gasteiger partial charge in [-0.05, 0) is 18.8 Å². The Kier molecular flexibility index (Phi) is 6.49. The van der Waals surface area contributed by atoms with E-state index in [9.17, 15) is 9.59 Å². The number of hydrogen-bond acceptors (Lipinski definition) is 3. The maximum absolute atomic E-state index is 12.0. The molecule has 0 aromatic carbocycles. The van der Waals surface area contributed by atoms with Crippen LogP contribution >= 0.6 is 12.4 Å². The fourth-order valence-corrected chi connectivity index (χ4v) is 1.98. The van der Waals surface area contributed by atoms with Crippen LogP contribution < -0.4 is 5.73 Å². The summed E-state index contributed by atoms with van der Waals surface area (Å²) in [6.45, 7) is 4.39. The zero-order valence-corrected chi connectivity index (χ0v) is 11.1. The van der Waals surface area contributed by atoms with Gasteiger partial charge in [-0.25, -0.2) is 4.79 Å². The molecule has 1 heterocycles. The summed E-state index contributed by atoms with van der Waals surface area (Å²) in [4.78, 5) is 24.4. The summed E-state index contributed by atoms with van der Waals surface area (Å²) in [6, 6.07) is -1.26. The van der Waals surface area contributed by atoms with Crippen molar-refractivity contribution >= 4 is 24.3 Å². The van der Waals surface area contributed by atoms with Gasteiger partial charge < -0.3 is 15.7 Å². The Bertz CT molecular complexity index is 286. The van der Waals surface area contributed by atoms with Crippen molar-refractivity contribution in [3.05, 3.63) is 0 Å². The van der Waals surface area contributed by atoms with E-state index in [1.807, 2.05) is 13.8 Å². The minimum absolute atomic E-state index is 0. The topological polar surface area (TPSA) is 83.6 Å². The molecular weight excluding hydrogens is 244 g/mol. The lowest BCUT2D eigenvalue weighted by molar-refractivity contribution is -0.149. The normalized spacial score (nSPS) is 22.8. The average molecular weight is 265 g/mol. The number of hydrogen-bond donors (Lipinski definition) is 2. The molecule has 1 rings (SSSR count). The maximum atomic E-state index is 12.0. The Labute approximate surface area is 108 Å². The zero-order chi connectivity index (χ0) is 12.3. The van der Waals surface area contributed by atoms with Crippen LogP contribution in [0.5, 0.6) is 0 Å². The summed E-state index contributed by atoms with van der Waals surface area (Å²) in [6.07, 6.45) is 2.10. The molecule has 17 heavy (non-hydrogen) atoms. The van der Waals surface area contributed by atoms with Crippen LogP contribution in [-0.4, -0.2) is 40.5 Å². The molecule has 0 saturated carbocycles. The molecule has 6 heteroatoms. The highest BCUT2D eigenvalue weighted by molar-refractivity contribution is 5.87. The number of carbonyl (C=O) groups excluding carboxylic acids is 1. The van der Waals surface area contributed by atoms with Crippen LogP contribution in [-0.2, 0) is 9.59 Å². The number of aliphatic carboxylic acids is 1. The molecule has 100 valence electrons. The molecule has 0 aromatic heterocycles. The van der Waals surface area contributed by atoms with Crippen molar-refractivity contribution in [3.8, 4) is 0 Å². The molecule has 1 aliphatic heterocycles. The fourth-order valence-electron chi connectivity index (χ4n) is 1.98. The van der Waals surface area contributed by atoms with E-state index in [0.717, 1.165) is 12.8 Å². The highest BCUT2D eigenvalue weighted by atomic mass is 35.5. The molecule has 3 atom stereocenters. The van der Waals surface area contributed by atoms with Crippen LogP contribution in [0.4, 0.5) is 0 Å². The molecule has 0 spiro atoms. The third-order valence-corrected chi connectivity index (χ3v) is 3.36. The third-order valence-electron chi connectivity index (χ3n) is 3.36. The Morgan fingerprint density at radius 3 is 2.59 bits per heavy atom. The fraction of sp³-hybridized carbons (Fsp3) is 0.818. The van der Waals surface area contributed by atoms with E-state index in [4.69, 9.17) is 10.8 Å². The molecule has 1 aliphatic rings. The first-order valence-electron chi connectivity index (χ1n) is 5.77. The second-order valence-electron chi connectivity index (χ2n) is 4.44. The van der Waals surface area contributed by atoms with Crippen molar-refractivity contribution in [2.24, 2.45) is 11.7 Å². The van der Waals surface area contributed by atoms with Gasteiger partial charge in [0, 0.05) is 6.54 Å². The van der Waals surface area contributed by atoms with E-state index in [-0.39, 0.29) is 24.2 Å². The molecule has 0 bridgehead atoms. The lowest BCUT2D eigenvalue weighted by Crippen LogP contribution is -2.50. The van der Waals surface area contributed by atoms with Crippen LogP contribution in [0.15, 0.2) is 0 Å². The van der Waals surface area contributed by atoms with Crippen molar-refractivity contribution < 1.29 is 14.7 Å². The summed E-state index contributed by atoms with van der Waals surface area (Å²) in [5.41, 5.74) is 5.83. The minimum Gasteiger partial charge on any atom is -0.480 e. The first kappa shape index (κ1) is 16.2. The van der Waals surface area contributed by atoms with E-state index in [1.165, 1.54) is 4.90 Å². The summed E-state index contributed by atoms with van der Waals surface area (Å²) in [5.74, 6) is -1.07. The number of carbonyl (C=O) groups is 2. The van der Waals surface area contributed by atoms with Gasteiger partial charge in [-0.3, -0.25) is 4.79 Å². The van der Waals surface area contributed by atoms with Crippen LogP contribution in [0.25, 0.3) is 0 Å². The number of rotatable bonds is 4. The molecule has 1 saturated heterocycles. The lowest BCUT2D eigenvalue weighted by Gasteiger charge is -2.27. The van der Waals surface area contributed by atoms with Crippen molar-refractivity contribution in [3.63, 3.8) is 0 Å². The number of carboxylic acids is 1. The second-order valence-corrected chi connectivity index (χ2v) is 4.44. The third kappa shape index (κ3) is 3.57. The number of halogens is 1. The molecule has 0 unspecified atom stereocenters. The van der Waals surface area contributed by atoms with Crippen molar-refractivity contribution in [2.45, 2.75) is 45.2 Å².